The van der Waals surface area contributed by atoms with Gasteiger partial charge in [0.15, 0.2) is 12.4 Å². The molecule has 0 aliphatic heterocycles. The van der Waals surface area contributed by atoms with E-state index in [1.807, 2.05) is 44.2 Å². The average molecular weight is 442 g/mol. The molecule has 0 radical (unpaired) electrons. The third kappa shape index (κ3) is 4.44. The Morgan fingerprint density at radius 3 is 2.73 bits per heavy atom. The normalized spacial score (nSPS) is 11.0. The Kier molecular flexibility index (Phi) is 5.96. The summed E-state index contributed by atoms with van der Waals surface area (Å²) in [7, 11) is 0. The van der Waals surface area contributed by atoms with E-state index in [0.29, 0.717) is 17.3 Å². The van der Waals surface area contributed by atoms with Crippen LogP contribution in [0, 0.1) is 6.92 Å². The first kappa shape index (κ1) is 20.3. The molecule has 7 nitrogen and oxygen atoms in total. The van der Waals surface area contributed by atoms with Crippen LogP contribution < -0.4 is 10.1 Å². The van der Waals surface area contributed by atoms with Crippen LogP contribution in [0.5, 0.6) is 5.75 Å². The molecule has 0 unspecified atom stereocenters. The van der Waals surface area contributed by atoms with Crippen molar-refractivity contribution in [2.75, 3.05) is 6.61 Å². The lowest BCUT2D eigenvalue weighted by Gasteiger charge is -2.09. The van der Waals surface area contributed by atoms with Crippen LogP contribution in [0.25, 0.3) is 15.5 Å². The van der Waals surface area contributed by atoms with Crippen LogP contribution in [0.2, 0.25) is 5.02 Å². The molecule has 9 heteroatoms. The molecule has 0 saturated heterocycles. The van der Waals surface area contributed by atoms with Crippen LogP contribution >= 0.6 is 22.9 Å². The molecule has 2 heterocycles. The fourth-order valence-electron chi connectivity index (χ4n) is 2.87. The zero-order valence-electron chi connectivity index (χ0n) is 16.6. The lowest BCUT2D eigenvalue weighted by atomic mass is 10.1. The van der Waals surface area contributed by atoms with E-state index in [-0.39, 0.29) is 12.5 Å². The summed E-state index contributed by atoms with van der Waals surface area (Å²) in [5.74, 6) is 1.28. The quantitative estimate of drug-likeness (QED) is 0.467. The van der Waals surface area contributed by atoms with E-state index in [1.165, 1.54) is 11.3 Å². The number of amides is 1. The molecular formula is C21H20ClN5O2S. The van der Waals surface area contributed by atoms with Crippen molar-refractivity contribution in [2.45, 2.75) is 26.8 Å². The van der Waals surface area contributed by atoms with E-state index in [0.717, 1.165) is 38.9 Å². The van der Waals surface area contributed by atoms with Crippen molar-refractivity contribution >= 4 is 33.8 Å². The van der Waals surface area contributed by atoms with Crippen molar-refractivity contribution in [1.82, 2.24) is 25.1 Å². The minimum Gasteiger partial charge on any atom is -0.484 e. The van der Waals surface area contributed by atoms with Crippen molar-refractivity contribution in [2.24, 2.45) is 0 Å². The van der Waals surface area contributed by atoms with Crippen molar-refractivity contribution in [3.63, 3.8) is 0 Å². The van der Waals surface area contributed by atoms with E-state index in [4.69, 9.17) is 16.3 Å². The van der Waals surface area contributed by atoms with Crippen molar-refractivity contribution in [1.29, 1.82) is 0 Å². The number of carbonyl (C=O) groups excluding carboxylic acids is 1. The molecule has 1 N–H and O–H groups in total. The monoisotopic (exact) mass is 441 g/mol. The molecule has 154 valence electrons. The summed E-state index contributed by atoms with van der Waals surface area (Å²) in [5.41, 5.74) is 2.90. The van der Waals surface area contributed by atoms with Crippen LogP contribution in [0.15, 0.2) is 42.5 Å². The van der Waals surface area contributed by atoms with Crippen LogP contribution in [-0.2, 0) is 17.8 Å². The second-order valence-corrected chi connectivity index (χ2v) is 8.11. The third-order valence-electron chi connectivity index (χ3n) is 4.56. The number of ether oxygens (including phenoxy) is 1. The van der Waals surface area contributed by atoms with E-state index in [9.17, 15) is 4.79 Å². The Morgan fingerprint density at radius 1 is 1.20 bits per heavy atom. The molecule has 0 fully saturated rings. The minimum absolute atomic E-state index is 0.0497. The standard InChI is InChI=1S/C21H20ClN5O2S/c1-3-18-24-25-21-27(18)26-20(30-21)15-6-4-14(5-7-15)11-23-19(28)12-29-16-8-9-17(22)13(2)10-16/h4-10H,3,11-12H2,1-2H3,(H,23,28). The first-order valence-corrected chi connectivity index (χ1v) is 10.7. The highest BCUT2D eigenvalue weighted by molar-refractivity contribution is 7.19. The number of halogens is 1. The van der Waals surface area contributed by atoms with Gasteiger partial charge in [0.05, 0.1) is 0 Å². The highest BCUT2D eigenvalue weighted by Gasteiger charge is 2.12. The summed E-state index contributed by atoms with van der Waals surface area (Å²) < 4.78 is 7.31. The number of fused-ring (bicyclic) bond motifs is 1. The fourth-order valence-corrected chi connectivity index (χ4v) is 3.85. The second-order valence-electron chi connectivity index (χ2n) is 6.74. The summed E-state index contributed by atoms with van der Waals surface area (Å²) in [6.45, 7) is 4.29. The molecule has 0 bridgehead atoms. The predicted molar refractivity (Wildman–Crippen MR) is 117 cm³/mol. The van der Waals surface area contributed by atoms with Gasteiger partial charge in [0.1, 0.15) is 10.8 Å². The highest BCUT2D eigenvalue weighted by Crippen LogP contribution is 2.26. The molecule has 0 spiro atoms. The lowest BCUT2D eigenvalue weighted by molar-refractivity contribution is -0.123. The molecule has 2 aromatic carbocycles. The van der Waals surface area contributed by atoms with E-state index < -0.39 is 0 Å². The number of nitrogens with zero attached hydrogens (tertiary/aromatic N) is 4. The van der Waals surface area contributed by atoms with Gasteiger partial charge in [-0.1, -0.05) is 54.1 Å². The number of hydrogen-bond donors (Lipinski definition) is 1. The number of hydrogen-bond acceptors (Lipinski definition) is 6. The predicted octanol–water partition coefficient (Wildman–Crippen LogP) is 4.07. The summed E-state index contributed by atoms with van der Waals surface area (Å²) in [5, 5.41) is 17.3. The molecule has 2 aromatic heterocycles. The van der Waals surface area contributed by atoms with Crippen molar-refractivity contribution in [3.8, 4) is 16.3 Å². The van der Waals surface area contributed by atoms with Gasteiger partial charge in [-0.3, -0.25) is 4.79 Å². The Bertz CT molecular complexity index is 1190. The zero-order chi connectivity index (χ0) is 21.1. The molecule has 4 rings (SSSR count). The summed E-state index contributed by atoms with van der Waals surface area (Å²) >= 11 is 7.49. The van der Waals surface area contributed by atoms with E-state index >= 15 is 0 Å². The van der Waals surface area contributed by atoms with Gasteiger partial charge in [-0.15, -0.1) is 10.2 Å². The zero-order valence-corrected chi connectivity index (χ0v) is 18.1. The first-order valence-electron chi connectivity index (χ1n) is 9.49. The molecule has 0 aliphatic rings. The first-order chi connectivity index (χ1) is 14.5. The highest BCUT2D eigenvalue weighted by atomic mass is 35.5. The van der Waals surface area contributed by atoms with Gasteiger partial charge in [0.2, 0.25) is 4.96 Å². The minimum atomic E-state index is -0.188. The van der Waals surface area contributed by atoms with Gasteiger partial charge in [-0.25, -0.2) is 0 Å². The van der Waals surface area contributed by atoms with E-state index in [1.54, 1.807) is 16.6 Å². The number of aromatic nitrogens is 4. The van der Waals surface area contributed by atoms with Gasteiger partial charge in [0, 0.05) is 23.6 Å². The van der Waals surface area contributed by atoms with Crippen molar-refractivity contribution < 1.29 is 9.53 Å². The molecule has 0 saturated carbocycles. The number of benzene rings is 2. The second kappa shape index (κ2) is 8.81. The maximum absolute atomic E-state index is 12.1. The Balaban J connectivity index is 1.32. The maximum Gasteiger partial charge on any atom is 0.258 e. The topological polar surface area (TPSA) is 81.4 Å². The molecule has 30 heavy (non-hydrogen) atoms. The average Bonchev–Trinajstić information content (AvgIpc) is 3.34. The van der Waals surface area contributed by atoms with Gasteiger partial charge in [-0.05, 0) is 36.2 Å². The van der Waals surface area contributed by atoms with Gasteiger partial charge in [-0.2, -0.15) is 9.61 Å². The summed E-state index contributed by atoms with van der Waals surface area (Å²) in [6.07, 6.45) is 0.782. The molecular weight excluding hydrogens is 422 g/mol. The molecule has 0 aliphatic carbocycles. The maximum atomic E-state index is 12.1. The summed E-state index contributed by atoms with van der Waals surface area (Å²) in [6, 6.07) is 13.2. The van der Waals surface area contributed by atoms with Crippen LogP contribution in [0.1, 0.15) is 23.9 Å². The molecule has 1 amide bonds. The molecule has 4 aromatic rings. The number of rotatable bonds is 7. The number of nitrogens with one attached hydrogen (secondary N) is 1. The fraction of sp³-hybridized carbons (Fsp3) is 0.238. The molecule has 0 atom stereocenters. The number of aryl methyl sites for hydroxylation is 2. The Hall–Kier alpha value is -2.97. The number of carbonyl (C=O) groups is 1. The Labute approximate surface area is 182 Å². The van der Waals surface area contributed by atoms with Crippen molar-refractivity contribution in [3.05, 3.63) is 64.4 Å². The van der Waals surface area contributed by atoms with Gasteiger partial charge < -0.3 is 10.1 Å². The smallest absolute Gasteiger partial charge is 0.258 e. The Morgan fingerprint density at radius 2 is 2.00 bits per heavy atom. The largest absolute Gasteiger partial charge is 0.484 e. The van der Waals surface area contributed by atoms with Crippen LogP contribution in [0.4, 0.5) is 0 Å². The van der Waals surface area contributed by atoms with Gasteiger partial charge >= 0.3 is 0 Å². The SMILES string of the molecule is CCc1nnc2sc(-c3ccc(CNC(=O)COc4ccc(Cl)c(C)c4)cc3)nn12. The van der Waals surface area contributed by atoms with Crippen LogP contribution in [0.3, 0.4) is 0 Å². The lowest BCUT2D eigenvalue weighted by Crippen LogP contribution is -2.28. The van der Waals surface area contributed by atoms with Gasteiger partial charge in [0.25, 0.3) is 5.91 Å². The summed E-state index contributed by atoms with van der Waals surface area (Å²) in [4.78, 5) is 12.9. The van der Waals surface area contributed by atoms with E-state index in [2.05, 4.69) is 20.6 Å². The third-order valence-corrected chi connectivity index (χ3v) is 5.93. The van der Waals surface area contributed by atoms with Crippen LogP contribution in [-0.4, -0.2) is 32.3 Å².